The summed E-state index contributed by atoms with van der Waals surface area (Å²) in [5.74, 6) is 0.0114. The lowest BCUT2D eigenvalue weighted by molar-refractivity contribution is -0.128. The number of carbonyl (C=O) groups is 2. The van der Waals surface area contributed by atoms with Crippen LogP contribution in [0, 0.1) is 11.2 Å². The maximum Gasteiger partial charge on any atom is 0.241 e. The second-order valence-electron chi connectivity index (χ2n) is 12.9. The van der Waals surface area contributed by atoms with Crippen LogP contribution in [0.5, 0.6) is 0 Å². The van der Waals surface area contributed by atoms with E-state index < -0.39 is 0 Å². The standard InChI is InChI=1S/C30H40FN5O2/c1-20-15-34(24(14-32-20)16-35-18-29(2,3)12-26(35)37)17-27(38)36-19-30(4,5)28-25(36)11-22(13-33-28)10-21-6-8-23(31)9-7-21/h6-9,11,13,20,24,32H,10,12,14-19H2,1-5H3/t20-,24-/m1/s1. The number of benzene rings is 1. The minimum atomic E-state index is -0.252. The number of carbonyl (C=O) groups excluding carboxylic acids is 2. The zero-order valence-corrected chi connectivity index (χ0v) is 23.3. The van der Waals surface area contributed by atoms with Gasteiger partial charge in [0.2, 0.25) is 11.8 Å². The summed E-state index contributed by atoms with van der Waals surface area (Å²) < 4.78 is 13.4. The van der Waals surface area contributed by atoms with E-state index in [4.69, 9.17) is 4.98 Å². The molecule has 2 fully saturated rings. The fourth-order valence-electron chi connectivity index (χ4n) is 6.20. The maximum atomic E-state index is 13.8. The average Bonchev–Trinajstić information content (AvgIpc) is 3.27. The molecule has 1 aromatic carbocycles. The van der Waals surface area contributed by atoms with Gasteiger partial charge in [0, 0.05) is 62.8 Å². The molecule has 7 nitrogen and oxygen atoms in total. The summed E-state index contributed by atoms with van der Waals surface area (Å²) in [4.78, 5) is 37.4. The minimum Gasteiger partial charge on any atom is -0.341 e. The molecular weight excluding hydrogens is 481 g/mol. The number of hydrogen-bond donors (Lipinski definition) is 1. The molecule has 4 heterocycles. The number of hydrogen-bond acceptors (Lipinski definition) is 5. The number of rotatable bonds is 6. The van der Waals surface area contributed by atoms with Crippen molar-refractivity contribution < 1.29 is 14.0 Å². The van der Waals surface area contributed by atoms with Crippen molar-refractivity contribution in [1.82, 2.24) is 20.1 Å². The molecule has 0 unspecified atom stereocenters. The molecule has 1 aromatic heterocycles. The lowest BCUT2D eigenvalue weighted by atomic mass is 9.91. The second kappa shape index (κ2) is 10.0. The number of halogens is 1. The van der Waals surface area contributed by atoms with Gasteiger partial charge in [-0.2, -0.15) is 0 Å². The van der Waals surface area contributed by atoms with Crippen LogP contribution in [0.25, 0.3) is 0 Å². The predicted molar refractivity (Wildman–Crippen MR) is 147 cm³/mol. The molecule has 204 valence electrons. The van der Waals surface area contributed by atoms with Crippen LogP contribution in [-0.4, -0.2) is 78.0 Å². The summed E-state index contributed by atoms with van der Waals surface area (Å²) in [5, 5.41) is 3.54. The molecule has 0 radical (unpaired) electrons. The van der Waals surface area contributed by atoms with Crippen LogP contribution in [0.2, 0.25) is 0 Å². The molecule has 8 heteroatoms. The monoisotopic (exact) mass is 521 g/mol. The van der Waals surface area contributed by atoms with Crippen LogP contribution in [-0.2, 0) is 21.4 Å². The third-order valence-electron chi connectivity index (χ3n) is 8.13. The van der Waals surface area contributed by atoms with Gasteiger partial charge in [-0.3, -0.25) is 19.5 Å². The van der Waals surface area contributed by atoms with Crippen LogP contribution >= 0.6 is 0 Å². The van der Waals surface area contributed by atoms with Gasteiger partial charge in [0.05, 0.1) is 17.9 Å². The third kappa shape index (κ3) is 5.61. The average molecular weight is 522 g/mol. The Balaban J connectivity index is 1.33. The molecule has 3 aliphatic heterocycles. The highest BCUT2D eigenvalue weighted by Gasteiger charge is 2.42. The lowest BCUT2D eigenvalue weighted by Crippen LogP contribution is -2.61. The minimum absolute atomic E-state index is 0.00339. The van der Waals surface area contributed by atoms with Gasteiger partial charge in [0.15, 0.2) is 0 Å². The lowest BCUT2D eigenvalue weighted by Gasteiger charge is -2.41. The molecule has 2 amide bonds. The first-order valence-corrected chi connectivity index (χ1v) is 13.7. The van der Waals surface area contributed by atoms with Crippen molar-refractivity contribution in [1.29, 1.82) is 0 Å². The van der Waals surface area contributed by atoms with Crippen molar-refractivity contribution in [3.63, 3.8) is 0 Å². The summed E-state index contributed by atoms with van der Waals surface area (Å²) in [6, 6.07) is 8.94. The first-order chi connectivity index (χ1) is 17.9. The Morgan fingerprint density at radius 3 is 2.55 bits per heavy atom. The highest BCUT2D eigenvalue weighted by atomic mass is 19.1. The first-order valence-electron chi connectivity index (χ1n) is 13.7. The molecule has 0 spiro atoms. The molecular formula is C30H40FN5O2. The van der Waals surface area contributed by atoms with E-state index in [0.29, 0.717) is 32.5 Å². The van der Waals surface area contributed by atoms with E-state index in [1.165, 1.54) is 12.1 Å². The molecule has 0 saturated carbocycles. The Morgan fingerprint density at radius 2 is 1.87 bits per heavy atom. The summed E-state index contributed by atoms with van der Waals surface area (Å²) in [6.45, 7) is 14.5. The van der Waals surface area contributed by atoms with E-state index in [0.717, 1.165) is 42.1 Å². The number of amides is 2. The molecule has 3 aliphatic rings. The fourth-order valence-corrected chi connectivity index (χ4v) is 6.20. The zero-order valence-electron chi connectivity index (χ0n) is 23.3. The summed E-state index contributed by atoms with van der Waals surface area (Å²) in [6.07, 6.45) is 3.08. The summed E-state index contributed by atoms with van der Waals surface area (Å²) >= 11 is 0. The molecule has 0 aliphatic carbocycles. The van der Waals surface area contributed by atoms with Gasteiger partial charge in [0.25, 0.3) is 0 Å². The Morgan fingerprint density at radius 1 is 1.13 bits per heavy atom. The molecule has 2 saturated heterocycles. The van der Waals surface area contributed by atoms with Crippen LogP contribution in [0.1, 0.15) is 57.9 Å². The SMILES string of the molecule is C[C@@H]1CN(CC(=O)N2CC(C)(C)c3ncc(Cc4ccc(F)cc4)cc32)[C@@H](CN2CC(C)(C)CC2=O)CN1. The normalized spacial score (nSPS) is 24.6. The summed E-state index contributed by atoms with van der Waals surface area (Å²) in [7, 11) is 0. The largest absolute Gasteiger partial charge is 0.341 e. The molecule has 2 aromatic rings. The Labute approximate surface area is 225 Å². The quantitative estimate of drug-likeness (QED) is 0.632. The van der Waals surface area contributed by atoms with Crippen LogP contribution < -0.4 is 10.2 Å². The molecule has 38 heavy (non-hydrogen) atoms. The van der Waals surface area contributed by atoms with E-state index in [2.05, 4.69) is 50.9 Å². The van der Waals surface area contributed by atoms with Gasteiger partial charge < -0.3 is 15.1 Å². The molecule has 5 rings (SSSR count). The van der Waals surface area contributed by atoms with Crippen LogP contribution in [0.15, 0.2) is 36.5 Å². The number of piperazine rings is 1. The maximum absolute atomic E-state index is 13.8. The Kier molecular flexibility index (Phi) is 7.07. The molecule has 1 N–H and O–H groups in total. The number of nitrogens with one attached hydrogen (secondary N) is 1. The fraction of sp³-hybridized carbons (Fsp3) is 0.567. The van der Waals surface area contributed by atoms with Gasteiger partial charge in [-0.05, 0) is 48.1 Å². The van der Waals surface area contributed by atoms with Crippen molar-refractivity contribution in [2.75, 3.05) is 44.2 Å². The highest BCUT2D eigenvalue weighted by Crippen LogP contribution is 2.40. The van der Waals surface area contributed by atoms with Gasteiger partial charge in [-0.25, -0.2) is 4.39 Å². The smallest absolute Gasteiger partial charge is 0.241 e. The van der Waals surface area contributed by atoms with E-state index in [-0.39, 0.29) is 40.5 Å². The number of likely N-dealkylation sites (tertiary alicyclic amines) is 1. The van der Waals surface area contributed by atoms with E-state index in [1.54, 1.807) is 12.1 Å². The Bertz CT molecular complexity index is 1210. The van der Waals surface area contributed by atoms with Gasteiger partial charge in [-0.15, -0.1) is 0 Å². The van der Waals surface area contributed by atoms with Crippen molar-refractivity contribution in [2.45, 2.75) is 65.0 Å². The van der Waals surface area contributed by atoms with Gasteiger partial charge in [0.1, 0.15) is 5.82 Å². The third-order valence-corrected chi connectivity index (χ3v) is 8.13. The number of anilines is 1. The van der Waals surface area contributed by atoms with Crippen molar-refractivity contribution in [2.24, 2.45) is 5.41 Å². The van der Waals surface area contributed by atoms with Gasteiger partial charge >= 0.3 is 0 Å². The molecule has 2 atom stereocenters. The van der Waals surface area contributed by atoms with Gasteiger partial charge in [-0.1, -0.05) is 39.8 Å². The van der Waals surface area contributed by atoms with Crippen molar-refractivity contribution in [3.05, 3.63) is 59.2 Å². The highest BCUT2D eigenvalue weighted by molar-refractivity contribution is 5.97. The first kappa shape index (κ1) is 26.8. The van der Waals surface area contributed by atoms with E-state index in [1.807, 2.05) is 16.0 Å². The topological polar surface area (TPSA) is 68.8 Å². The second-order valence-corrected chi connectivity index (χ2v) is 12.9. The van der Waals surface area contributed by atoms with Crippen molar-refractivity contribution >= 4 is 17.5 Å². The van der Waals surface area contributed by atoms with Crippen LogP contribution in [0.3, 0.4) is 0 Å². The Hall–Kier alpha value is -2.84. The summed E-state index contributed by atoms with van der Waals surface area (Å²) in [5.41, 5.74) is 3.55. The van der Waals surface area contributed by atoms with E-state index >= 15 is 0 Å². The number of aromatic nitrogens is 1. The number of pyridine rings is 1. The molecule has 0 bridgehead atoms. The zero-order chi connectivity index (χ0) is 27.2. The number of nitrogens with zero attached hydrogens (tertiary/aromatic N) is 4. The van der Waals surface area contributed by atoms with E-state index in [9.17, 15) is 14.0 Å². The number of fused-ring (bicyclic) bond motifs is 1. The van der Waals surface area contributed by atoms with Crippen molar-refractivity contribution in [3.8, 4) is 0 Å². The predicted octanol–water partition coefficient (Wildman–Crippen LogP) is 3.36. The van der Waals surface area contributed by atoms with Crippen LogP contribution in [0.4, 0.5) is 10.1 Å².